The van der Waals surface area contributed by atoms with Crippen molar-refractivity contribution in [3.05, 3.63) is 33.8 Å². The molecule has 0 aromatic heterocycles. The number of hydrogen-bond acceptors (Lipinski definition) is 3. The second-order valence-electron chi connectivity index (χ2n) is 5.28. The molecule has 1 aromatic rings. The third-order valence-corrected chi connectivity index (χ3v) is 2.77. The number of rotatable bonds is 4. The largest absolute Gasteiger partial charge is 0.359 e. The first-order valence-electron chi connectivity index (χ1n) is 6.14. The Hall–Kier alpha value is -0.420. The van der Waals surface area contributed by atoms with E-state index in [9.17, 15) is 0 Å². The number of benzene rings is 1. The summed E-state index contributed by atoms with van der Waals surface area (Å²) in [7, 11) is 3.13. The molecule has 0 fully saturated rings. The van der Waals surface area contributed by atoms with Crippen LogP contribution >= 0.6 is 15.9 Å². The molecule has 0 N–H and O–H groups in total. The highest BCUT2D eigenvalue weighted by molar-refractivity contribution is 9.10. The Morgan fingerprint density at radius 2 is 1.53 bits per heavy atom. The van der Waals surface area contributed by atoms with Crippen LogP contribution in [0.5, 0.6) is 0 Å². The van der Waals surface area contributed by atoms with Crippen molar-refractivity contribution >= 4 is 15.9 Å². The maximum atomic E-state index is 4.69. The van der Waals surface area contributed by atoms with Crippen molar-refractivity contribution in [2.24, 2.45) is 0 Å². The molecular weight excluding hydrogens is 308 g/mol. The SMILES string of the molecule is COCOCOC.Cc1cc(Br)cc(C(C)(C)C)c1. The van der Waals surface area contributed by atoms with Crippen LogP contribution in [0.3, 0.4) is 0 Å². The molecule has 0 aliphatic carbocycles. The third kappa shape index (κ3) is 9.16. The molecule has 0 bridgehead atoms. The van der Waals surface area contributed by atoms with E-state index in [0.717, 1.165) is 0 Å². The molecule has 0 saturated carbocycles. The molecule has 0 spiro atoms. The molecule has 0 atom stereocenters. The quantitative estimate of drug-likeness (QED) is 0.608. The van der Waals surface area contributed by atoms with Gasteiger partial charge in [-0.05, 0) is 35.6 Å². The normalized spacial score (nSPS) is 10.9. The number of halogens is 1. The summed E-state index contributed by atoms with van der Waals surface area (Å²) in [6, 6.07) is 6.56. The van der Waals surface area contributed by atoms with E-state index in [-0.39, 0.29) is 5.41 Å². The average Bonchev–Trinajstić information content (AvgIpc) is 2.28. The van der Waals surface area contributed by atoms with E-state index in [2.05, 4.69) is 76.0 Å². The monoisotopic (exact) mass is 332 g/mol. The van der Waals surface area contributed by atoms with E-state index in [0.29, 0.717) is 13.6 Å². The van der Waals surface area contributed by atoms with Gasteiger partial charge in [-0.1, -0.05) is 42.8 Å². The molecule has 0 heterocycles. The summed E-state index contributed by atoms with van der Waals surface area (Å²) in [6.07, 6.45) is 0. The summed E-state index contributed by atoms with van der Waals surface area (Å²) in [5, 5.41) is 0. The fourth-order valence-corrected chi connectivity index (χ4v) is 1.98. The summed E-state index contributed by atoms with van der Waals surface area (Å²) in [5.41, 5.74) is 2.94. The fraction of sp³-hybridized carbons (Fsp3) is 0.600. The van der Waals surface area contributed by atoms with Crippen LogP contribution in [0.25, 0.3) is 0 Å². The topological polar surface area (TPSA) is 27.7 Å². The first kappa shape index (κ1) is 18.6. The van der Waals surface area contributed by atoms with Gasteiger partial charge in [0.2, 0.25) is 0 Å². The summed E-state index contributed by atoms with van der Waals surface area (Å²) >= 11 is 3.51. The number of hydrogen-bond donors (Lipinski definition) is 0. The summed E-state index contributed by atoms with van der Waals surface area (Å²) in [5.74, 6) is 0. The highest BCUT2D eigenvalue weighted by Gasteiger charge is 2.13. The van der Waals surface area contributed by atoms with Gasteiger partial charge in [0.25, 0.3) is 0 Å². The van der Waals surface area contributed by atoms with Crippen molar-refractivity contribution in [1.82, 2.24) is 0 Å². The van der Waals surface area contributed by atoms with E-state index >= 15 is 0 Å². The lowest BCUT2D eigenvalue weighted by atomic mass is 9.86. The van der Waals surface area contributed by atoms with Crippen LogP contribution in [0, 0.1) is 6.92 Å². The van der Waals surface area contributed by atoms with Crippen LogP contribution < -0.4 is 0 Å². The van der Waals surface area contributed by atoms with Crippen molar-refractivity contribution in [1.29, 1.82) is 0 Å². The Bertz CT molecular complexity index is 335. The van der Waals surface area contributed by atoms with Crippen LogP contribution in [0.1, 0.15) is 31.9 Å². The zero-order chi connectivity index (χ0) is 14.9. The Morgan fingerprint density at radius 1 is 1.00 bits per heavy atom. The van der Waals surface area contributed by atoms with Crippen LogP contribution in [-0.2, 0) is 19.6 Å². The predicted molar refractivity (Wildman–Crippen MR) is 82.4 cm³/mol. The predicted octanol–water partition coefficient (Wildman–Crippen LogP) is 4.27. The molecular formula is C15H25BrO3. The minimum Gasteiger partial charge on any atom is -0.359 e. The second kappa shape index (κ2) is 9.48. The van der Waals surface area contributed by atoms with Crippen molar-refractivity contribution < 1.29 is 14.2 Å². The Kier molecular flexibility index (Phi) is 9.27. The van der Waals surface area contributed by atoms with Gasteiger partial charge in [-0.15, -0.1) is 0 Å². The van der Waals surface area contributed by atoms with Crippen LogP contribution in [0.2, 0.25) is 0 Å². The van der Waals surface area contributed by atoms with Crippen molar-refractivity contribution in [3.63, 3.8) is 0 Å². The molecule has 0 aliphatic rings. The molecule has 19 heavy (non-hydrogen) atoms. The highest BCUT2D eigenvalue weighted by Crippen LogP contribution is 2.26. The molecule has 1 rings (SSSR count). The zero-order valence-electron chi connectivity index (χ0n) is 12.7. The maximum Gasteiger partial charge on any atom is 0.149 e. The van der Waals surface area contributed by atoms with Gasteiger partial charge in [0.15, 0.2) is 0 Å². The van der Waals surface area contributed by atoms with E-state index in [4.69, 9.17) is 0 Å². The Balaban J connectivity index is 0.000000399. The van der Waals surface area contributed by atoms with Crippen LogP contribution in [0.15, 0.2) is 22.7 Å². The van der Waals surface area contributed by atoms with Gasteiger partial charge in [0, 0.05) is 18.7 Å². The molecule has 4 heteroatoms. The number of ether oxygens (including phenoxy) is 3. The lowest BCUT2D eigenvalue weighted by Crippen LogP contribution is -2.11. The van der Waals surface area contributed by atoms with Gasteiger partial charge in [0.05, 0.1) is 0 Å². The van der Waals surface area contributed by atoms with Crippen molar-refractivity contribution in [2.45, 2.75) is 33.1 Å². The third-order valence-electron chi connectivity index (χ3n) is 2.31. The van der Waals surface area contributed by atoms with Gasteiger partial charge < -0.3 is 14.2 Å². The van der Waals surface area contributed by atoms with Crippen LogP contribution in [0.4, 0.5) is 0 Å². The summed E-state index contributed by atoms with van der Waals surface area (Å²) < 4.78 is 14.9. The molecule has 0 saturated heterocycles. The molecule has 0 amide bonds. The van der Waals surface area contributed by atoms with Crippen molar-refractivity contribution in [2.75, 3.05) is 27.8 Å². The van der Waals surface area contributed by atoms with Gasteiger partial charge in [-0.2, -0.15) is 0 Å². The lowest BCUT2D eigenvalue weighted by Gasteiger charge is -2.19. The lowest BCUT2D eigenvalue weighted by molar-refractivity contribution is -0.107. The minimum absolute atomic E-state index is 0.245. The summed E-state index contributed by atoms with van der Waals surface area (Å²) in [6.45, 7) is 9.42. The van der Waals surface area contributed by atoms with Gasteiger partial charge in [-0.25, -0.2) is 0 Å². The van der Waals surface area contributed by atoms with Gasteiger partial charge in [-0.3, -0.25) is 0 Å². The fourth-order valence-electron chi connectivity index (χ4n) is 1.37. The molecule has 3 nitrogen and oxygen atoms in total. The first-order valence-corrected chi connectivity index (χ1v) is 6.94. The molecule has 110 valence electrons. The molecule has 0 radical (unpaired) electrons. The van der Waals surface area contributed by atoms with E-state index in [1.807, 2.05) is 0 Å². The molecule has 1 aromatic carbocycles. The molecule has 0 aliphatic heterocycles. The van der Waals surface area contributed by atoms with E-state index in [1.54, 1.807) is 14.2 Å². The minimum atomic E-state index is 0.245. The smallest absolute Gasteiger partial charge is 0.149 e. The second-order valence-corrected chi connectivity index (χ2v) is 6.20. The zero-order valence-corrected chi connectivity index (χ0v) is 14.3. The standard InChI is InChI=1S/C11H15Br.C4H10O3/c1-8-5-9(11(2,3)4)7-10(12)6-8;1-5-3-7-4-6-2/h5-7H,1-4H3;3-4H2,1-2H3. The Labute approximate surface area is 125 Å². The Morgan fingerprint density at radius 3 is 1.89 bits per heavy atom. The number of aryl methyl sites for hydroxylation is 1. The summed E-state index contributed by atoms with van der Waals surface area (Å²) in [4.78, 5) is 0. The maximum absolute atomic E-state index is 4.69. The first-order chi connectivity index (χ1) is 8.81. The van der Waals surface area contributed by atoms with Gasteiger partial charge in [0.1, 0.15) is 13.6 Å². The van der Waals surface area contributed by atoms with Crippen LogP contribution in [-0.4, -0.2) is 27.8 Å². The van der Waals surface area contributed by atoms with Crippen molar-refractivity contribution in [3.8, 4) is 0 Å². The highest BCUT2D eigenvalue weighted by atomic mass is 79.9. The average molecular weight is 333 g/mol. The number of methoxy groups -OCH3 is 2. The van der Waals surface area contributed by atoms with E-state index in [1.165, 1.54) is 15.6 Å². The van der Waals surface area contributed by atoms with Gasteiger partial charge >= 0.3 is 0 Å². The molecule has 0 unspecified atom stereocenters. The van der Waals surface area contributed by atoms with E-state index < -0.39 is 0 Å².